The van der Waals surface area contributed by atoms with Crippen molar-refractivity contribution in [2.24, 2.45) is 5.92 Å². The van der Waals surface area contributed by atoms with Crippen molar-refractivity contribution >= 4 is 23.2 Å². The van der Waals surface area contributed by atoms with E-state index in [0.717, 1.165) is 0 Å². The molecule has 0 aromatic heterocycles. The van der Waals surface area contributed by atoms with Gasteiger partial charge in [-0.1, -0.05) is 0 Å². The maximum atomic E-state index is 12.1. The number of nitrogens with zero attached hydrogens (tertiary/aromatic N) is 2. The van der Waals surface area contributed by atoms with Crippen LogP contribution in [-0.2, 0) is 9.59 Å². The van der Waals surface area contributed by atoms with Gasteiger partial charge in [0, 0.05) is 43.8 Å². The molecular formula is C14H17N3O4. The van der Waals surface area contributed by atoms with E-state index >= 15 is 0 Å². The summed E-state index contributed by atoms with van der Waals surface area (Å²) in [6.07, 6.45) is 1.27. The van der Waals surface area contributed by atoms with E-state index in [-0.39, 0.29) is 23.4 Å². The standard InChI is InChI=1S/C14H17N3O4/c1-10(18)16-8-6-11(7-9-16)14(19)15-12-2-4-13(5-3-12)17(20)21/h2-5,11H,6-9H2,1H3,(H,15,19). The molecule has 1 aliphatic rings. The van der Waals surface area contributed by atoms with Crippen molar-refractivity contribution < 1.29 is 14.5 Å². The molecule has 7 heteroatoms. The van der Waals surface area contributed by atoms with Crippen LogP contribution in [0.15, 0.2) is 24.3 Å². The Morgan fingerprint density at radius 2 is 1.81 bits per heavy atom. The van der Waals surface area contributed by atoms with Gasteiger partial charge in [0.25, 0.3) is 5.69 Å². The molecule has 1 aliphatic heterocycles. The van der Waals surface area contributed by atoms with Crippen molar-refractivity contribution in [3.05, 3.63) is 34.4 Å². The molecule has 2 rings (SSSR count). The van der Waals surface area contributed by atoms with Gasteiger partial charge in [-0.15, -0.1) is 0 Å². The molecule has 7 nitrogen and oxygen atoms in total. The van der Waals surface area contributed by atoms with E-state index in [1.54, 1.807) is 4.90 Å². The van der Waals surface area contributed by atoms with Gasteiger partial charge in [0.05, 0.1) is 4.92 Å². The highest BCUT2D eigenvalue weighted by Gasteiger charge is 2.26. The third-order valence-corrected chi connectivity index (χ3v) is 3.66. The van der Waals surface area contributed by atoms with Crippen LogP contribution in [-0.4, -0.2) is 34.7 Å². The Morgan fingerprint density at radius 3 is 2.29 bits per heavy atom. The molecule has 0 bridgehead atoms. The van der Waals surface area contributed by atoms with Gasteiger partial charge < -0.3 is 10.2 Å². The average molecular weight is 291 g/mol. The number of rotatable bonds is 3. The van der Waals surface area contributed by atoms with E-state index in [1.807, 2.05) is 0 Å². The van der Waals surface area contributed by atoms with E-state index in [9.17, 15) is 19.7 Å². The minimum Gasteiger partial charge on any atom is -0.343 e. The molecule has 0 spiro atoms. The van der Waals surface area contributed by atoms with Gasteiger partial charge in [-0.3, -0.25) is 19.7 Å². The van der Waals surface area contributed by atoms with E-state index in [1.165, 1.54) is 31.2 Å². The van der Waals surface area contributed by atoms with Crippen molar-refractivity contribution in [3.63, 3.8) is 0 Å². The fraction of sp³-hybridized carbons (Fsp3) is 0.429. The SMILES string of the molecule is CC(=O)N1CCC(C(=O)Nc2ccc([N+](=O)[O-])cc2)CC1. The maximum absolute atomic E-state index is 12.1. The van der Waals surface area contributed by atoms with Gasteiger partial charge in [0.2, 0.25) is 11.8 Å². The number of hydrogen-bond acceptors (Lipinski definition) is 4. The number of hydrogen-bond donors (Lipinski definition) is 1. The molecule has 2 amide bonds. The first-order valence-electron chi connectivity index (χ1n) is 6.78. The van der Waals surface area contributed by atoms with Gasteiger partial charge in [-0.2, -0.15) is 0 Å². The van der Waals surface area contributed by atoms with Crippen LogP contribution >= 0.6 is 0 Å². The topological polar surface area (TPSA) is 92.6 Å². The van der Waals surface area contributed by atoms with Crippen molar-refractivity contribution in [1.82, 2.24) is 4.90 Å². The Bertz CT molecular complexity index is 548. The lowest BCUT2D eigenvalue weighted by Gasteiger charge is -2.30. The summed E-state index contributed by atoms with van der Waals surface area (Å²) in [5.41, 5.74) is 0.530. The van der Waals surface area contributed by atoms with Crippen LogP contribution in [0, 0.1) is 16.0 Å². The smallest absolute Gasteiger partial charge is 0.269 e. The highest BCUT2D eigenvalue weighted by atomic mass is 16.6. The predicted octanol–water partition coefficient (Wildman–Crippen LogP) is 1.79. The Hall–Kier alpha value is -2.44. The fourth-order valence-corrected chi connectivity index (χ4v) is 2.37. The Morgan fingerprint density at radius 1 is 1.24 bits per heavy atom. The van der Waals surface area contributed by atoms with Crippen molar-refractivity contribution in [1.29, 1.82) is 0 Å². The van der Waals surface area contributed by atoms with Gasteiger partial charge in [0.15, 0.2) is 0 Å². The average Bonchev–Trinajstić information content (AvgIpc) is 2.47. The summed E-state index contributed by atoms with van der Waals surface area (Å²) in [7, 11) is 0. The van der Waals surface area contributed by atoms with Crippen molar-refractivity contribution in [3.8, 4) is 0 Å². The van der Waals surface area contributed by atoms with Crippen LogP contribution in [0.25, 0.3) is 0 Å². The number of likely N-dealkylation sites (tertiary alicyclic amines) is 1. The van der Waals surface area contributed by atoms with E-state index in [2.05, 4.69) is 5.32 Å². The fourth-order valence-electron chi connectivity index (χ4n) is 2.37. The van der Waals surface area contributed by atoms with E-state index < -0.39 is 4.92 Å². The molecule has 0 atom stereocenters. The van der Waals surface area contributed by atoms with E-state index in [0.29, 0.717) is 31.6 Å². The summed E-state index contributed by atoms with van der Waals surface area (Å²) in [6.45, 7) is 2.71. The third-order valence-electron chi connectivity index (χ3n) is 3.66. The molecule has 1 saturated heterocycles. The van der Waals surface area contributed by atoms with E-state index in [4.69, 9.17) is 0 Å². The molecule has 1 aromatic rings. The lowest BCUT2D eigenvalue weighted by Crippen LogP contribution is -2.40. The Balaban J connectivity index is 1.90. The van der Waals surface area contributed by atoms with Crippen LogP contribution in [0.3, 0.4) is 0 Å². The Kier molecular flexibility index (Phi) is 4.52. The molecule has 1 N–H and O–H groups in total. The zero-order valence-corrected chi connectivity index (χ0v) is 11.7. The second-order valence-corrected chi connectivity index (χ2v) is 5.07. The number of nitrogens with one attached hydrogen (secondary N) is 1. The maximum Gasteiger partial charge on any atom is 0.269 e. The quantitative estimate of drug-likeness (QED) is 0.678. The molecule has 0 aliphatic carbocycles. The summed E-state index contributed by atoms with van der Waals surface area (Å²) >= 11 is 0. The number of nitro groups is 1. The zero-order chi connectivity index (χ0) is 15.4. The largest absolute Gasteiger partial charge is 0.343 e. The Labute approximate surface area is 122 Å². The number of non-ortho nitro benzene ring substituents is 1. The summed E-state index contributed by atoms with van der Waals surface area (Å²) in [5.74, 6) is -0.202. The highest BCUT2D eigenvalue weighted by Crippen LogP contribution is 2.21. The van der Waals surface area contributed by atoms with Crippen LogP contribution in [0.5, 0.6) is 0 Å². The number of nitro benzene ring substituents is 1. The minimum atomic E-state index is -0.483. The summed E-state index contributed by atoms with van der Waals surface area (Å²) in [5, 5.41) is 13.3. The van der Waals surface area contributed by atoms with Crippen molar-refractivity contribution in [2.45, 2.75) is 19.8 Å². The number of amides is 2. The molecule has 0 unspecified atom stereocenters. The number of carbonyl (C=O) groups is 2. The number of anilines is 1. The molecular weight excluding hydrogens is 274 g/mol. The molecule has 0 radical (unpaired) electrons. The second-order valence-electron chi connectivity index (χ2n) is 5.07. The van der Waals surface area contributed by atoms with Crippen LogP contribution < -0.4 is 5.32 Å². The normalized spacial score (nSPS) is 15.6. The first-order valence-corrected chi connectivity index (χ1v) is 6.78. The summed E-state index contributed by atoms with van der Waals surface area (Å²) in [6, 6.07) is 5.74. The molecule has 1 heterocycles. The molecule has 1 fully saturated rings. The van der Waals surface area contributed by atoms with Crippen LogP contribution in [0.1, 0.15) is 19.8 Å². The monoisotopic (exact) mass is 291 g/mol. The molecule has 1 aromatic carbocycles. The first kappa shape index (κ1) is 15.0. The third kappa shape index (κ3) is 3.77. The lowest BCUT2D eigenvalue weighted by atomic mass is 9.96. The van der Waals surface area contributed by atoms with Gasteiger partial charge in [-0.25, -0.2) is 0 Å². The number of piperidine rings is 1. The molecule has 0 saturated carbocycles. The predicted molar refractivity (Wildman–Crippen MR) is 76.7 cm³/mol. The van der Waals surface area contributed by atoms with Gasteiger partial charge >= 0.3 is 0 Å². The minimum absolute atomic E-state index is 0.0113. The zero-order valence-electron chi connectivity index (χ0n) is 11.7. The lowest BCUT2D eigenvalue weighted by molar-refractivity contribution is -0.384. The molecule has 21 heavy (non-hydrogen) atoms. The van der Waals surface area contributed by atoms with Gasteiger partial charge in [-0.05, 0) is 25.0 Å². The van der Waals surface area contributed by atoms with Gasteiger partial charge in [0.1, 0.15) is 0 Å². The highest BCUT2D eigenvalue weighted by molar-refractivity contribution is 5.92. The van der Waals surface area contributed by atoms with Crippen molar-refractivity contribution in [2.75, 3.05) is 18.4 Å². The second kappa shape index (κ2) is 6.34. The summed E-state index contributed by atoms with van der Waals surface area (Å²) in [4.78, 5) is 35.1. The number of benzene rings is 1. The number of carbonyl (C=O) groups excluding carboxylic acids is 2. The first-order chi connectivity index (χ1) is 9.97. The molecule has 112 valence electrons. The summed E-state index contributed by atoms with van der Waals surface area (Å²) < 4.78 is 0. The van der Waals surface area contributed by atoms with Crippen LogP contribution in [0.2, 0.25) is 0 Å². The van der Waals surface area contributed by atoms with Crippen LogP contribution in [0.4, 0.5) is 11.4 Å².